The predicted octanol–water partition coefficient (Wildman–Crippen LogP) is 11.5. The maximum atomic E-state index is 6.38. The van der Waals surface area contributed by atoms with Crippen LogP contribution in [0, 0.1) is 0 Å². The van der Waals surface area contributed by atoms with E-state index in [9.17, 15) is 0 Å². The van der Waals surface area contributed by atoms with Crippen LogP contribution in [0.1, 0.15) is 22.9 Å². The third-order valence-electron chi connectivity index (χ3n) is 9.95. The molecule has 11 rings (SSSR count). The van der Waals surface area contributed by atoms with Crippen LogP contribution in [0.4, 0.5) is 0 Å². The molecule has 4 heterocycles. The molecule has 7 aromatic carbocycles. The second kappa shape index (κ2) is 10.8. The molecule has 0 saturated carbocycles. The SMILES string of the molecule is c1ccc(C2N=C(c3ccc4c(c3)oc3ccccc34)N=C(c3ccc4oc5ccc(-c6cccc7c6oc6ccccc67)cc5c4c3)N2)cc1. The molecule has 1 unspecified atom stereocenters. The Labute approximate surface area is 291 Å². The zero-order chi connectivity index (χ0) is 33.5. The van der Waals surface area contributed by atoms with Crippen LogP contribution in [0.15, 0.2) is 175 Å². The van der Waals surface area contributed by atoms with Gasteiger partial charge in [0.2, 0.25) is 0 Å². The number of hydrogen-bond donors (Lipinski definition) is 1. The van der Waals surface area contributed by atoms with Crippen LogP contribution in [0.5, 0.6) is 0 Å². The Morgan fingerprint density at radius 3 is 1.86 bits per heavy atom. The minimum Gasteiger partial charge on any atom is -0.456 e. The van der Waals surface area contributed by atoms with Crippen molar-refractivity contribution in [3.8, 4) is 11.1 Å². The van der Waals surface area contributed by atoms with Gasteiger partial charge in [-0.1, -0.05) is 97.1 Å². The van der Waals surface area contributed by atoms with Crippen molar-refractivity contribution in [3.63, 3.8) is 0 Å². The average Bonchev–Trinajstić information content (AvgIpc) is 3.88. The highest BCUT2D eigenvalue weighted by Crippen LogP contribution is 2.39. The van der Waals surface area contributed by atoms with Gasteiger partial charge in [-0.25, -0.2) is 9.98 Å². The van der Waals surface area contributed by atoms with Gasteiger partial charge in [-0.05, 0) is 65.7 Å². The summed E-state index contributed by atoms with van der Waals surface area (Å²) in [6, 6.07) is 51.7. The Kier molecular flexibility index (Phi) is 5.92. The van der Waals surface area contributed by atoms with Crippen LogP contribution in [0.25, 0.3) is 76.9 Å². The zero-order valence-electron chi connectivity index (χ0n) is 27.1. The van der Waals surface area contributed by atoms with Crippen molar-refractivity contribution in [2.75, 3.05) is 0 Å². The Hall–Kier alpha value is -6.92. The molecule has 0 spiro atoms. The molecule has 240 valence electrons. The maximum absolute atomic E-state index is 6.38. The van der Waals surface area contributed by atoms with Crippen molar-refractivity contribution in [1.29, 1.82) is 0 Å². The molecule has 1 aliphatic rings. The van der Waals surface area contributed by atoms with Crippen molar-refractivity contribution in [3.05, 3.63) is 168 Å². The number of fused-ring (bicyclic) bond motifs is 9. The number of rotatable bonds is 4. The summed E-state index contributed by atoms with van der Waals surface area (Å²) in [4.78, 5) is 10.2. The van der Waals surface area contributed by atoms with E-state index in [1.165, 1.54) is 0 Å². The average molecular weight is 658 g/mol. The quantitative estimate of drug-likeness (QED) is 0.204. The number of furan rings is 3. The van der Waals surface area contributed by atoms with E-state index < -0.39 is 0 Å². The van der Waals surface area contributed by atoms with Crippen molar-refractivity contribution >= 4 is 77.5 Å². The van der Waals surface area contributed by atoms with Crippen LogP contribution in [-0.4, -0.2) is 11.7 Å². The van der Waals surface area contributed by atoms with Crippen LogP contribution in [-0.2, 0) is 0 Å². The second-order valence-electron chi connectivity index (χ2n) is 13.0. The van der Waals surface area contributed by atoms with E-state index in [1.807, 2.05) is 72.8 Å². The molecule has 0 fully saturated rings. The predicted molar refractivity (Wildman–Crippen MR) is 206 cm³/mol. The first-order valence-electron chi connectivity index (χ1n) is 17.0. The van der Waals surface area contributed by atoms with Gasteiger partial charge in [0.1, 0.15) is 45.5 Å². The smallest absolute Gasteiger partial charge is 0.159 e. The molecule has 0 radical (unpaired) electrons. The van der Waals surface area contributed by atoms with E-state index in [0.29, 0.717) is 5.84 Å². The number of hydrogen-bond acceptors (Lipinski definition) is 6. The van der Waals surface area contributed by atoms with Gasteiger partial charge in [0, 0.05) is 49.0 Å². The van der Waals surface area contributed by atoms with Gasteiger partial charge in [0.25, 0.3) is 0 Å². The second-order valence-corrected chi connectivity index (χ2v) is 13.0. The van der Waals surface area contributed by atoms with Crippen molar-refractivity contribution in [1.82, 2.24) is 5.32 Å². The van der Waals surface area contributed by atoms with Gasteiger partial charge < -0.3 is 18.6 Å². The molecule has 1 atom stereocenters. The Bertz CT molecular complexity index is 3070. The molecule has 1 aliphatic heterocycles. The molecule has 0 bridgehead atoms. The van der Waals surface area contributed by atoms with Crippen LogP contribution in [0.3, 0.4) is 0 Å². The lowest BCUT2D eigenvalue weighted by Gasteiger charge is -2.23. The fourth-order valence-corrected chi connectivity index (χ4v) is 7.46. The first-order chi connectivity index (χ1) is 25.2. The number of para-hydroxylation sites is 3. The summed E-state index contributed by atoms with van der Waals surface area (Å²) in [7, 11) is 0. The molecule has 51 heavy (non-hydrogen) atoms. The summed E-state index contributed by atoms with van der Waals surface area (Å²) in [5.74, 6) is 1.37. The molecule has 0 saturated heterocycles. The summed E-state index contributed by atoms with van der Waals surface area (Å²) < 4.78 is 19.0. The van der Waals surface area contributed by atoms with E-state index in [4.69, 9.17) is 23.2 Å². The minimum absolute atomic E-state index is 0.326. The number of aliphatic imine (C=N–C) groups is 2. The monoisotopic (exact) mass is 657 g/mol. The highest BCUT2D eigenvalue weighted by Gasteiger charge is 2.23. The summed E-state index contributed by atoms with van der Waals surface area (Å²) >= 11 is 0. The topological polar surface area (TPSA) is 76.2 Å². The fourth-order valence-electron chi connectivity index (χ4n) is 7.46. The number of nitrogens with zero attached hydrogens (tertiary/aromatic N) is 2. The lowest BCUT2D eigenvalue weighted by Crippen LogP contribution is -2.33. The third-order valence-corrected chi connectivity index (χ3v) is 9.95. The molecule has 3 aromatic heterocycles. The Balaban J connectivity index is 1.04. The zero-order valence-corrected chi connectivity index (χ0v) is 27.1. The number of benzene rings is 7. The lowest BCUT2D eigenvalue weighted by atomic mass is 10.00. The first kappa shape index (κ1) is 28.0. The van der Waals surface area contributed by atoms with Crippen molar-refractivity contribution < 1.29 is 13.3 Å². The summed E-state index contributed by atoms with van der Waals surface area (Å²) in [5.41, 5.74) is 10.1. The fraction of sp³-hybridized carbons (Fsp3) is 0.0222. The van der Waals surface area contributed by atoms with E-state index in [-0.39, 0.29) is 6.17 Å². The largest absolute Gasteiger partial charge is 0.456 e. The molecule has 1 N–H and O–H groups in total. The highest BCUT2D eigenvalue weighted by molar-refractivity contribution is 6.17. The molecule has 6 nitrogen and oxygen atoms in total. The normalized spacial score (nSPS) is 14.9. The number of amidine groups is 2. The molecule has 6 heteroatoms. The summed E-state index contributed by atoms with van der Waals surface area (Å²) in [5, 5.41) is 10.0. The molecular weight excluding hydrogens is 631 g/mol. The van der Waals surface area contributed by atoms with Gasteiger partial charge in [-0.3, -0.25) is 0 Å². The molecular formula is C45H27N3O3. The Morgan fingerprint density at radius 1 is 0.431 bits per heavy atom. The lowest BCUT2D eigenvalue weighted by molar-refractivity contribution is 0.667. The van der Waals surface area contributed by atoms with Gasteiger partial charge in [0.15, 0.2) is 5.84 Å². The van der Waals surface area contributed by atoms with Crippen molar-refractivity contribution in [2.45, 2.75) is 6.17 Å². The van der Waals surface area contributed by atoms with Gasteiger partial charge in [-0.15, -0.1) is 0 Å². The molecule has 10 aromatic rings. The van der Waals surface area contributed by atoms with Gasteiger partial charge in [-0.2, -0.15) is 0 Å². The maximum Gasteiger partial charge on any atom is 0.159 e. The summed E-state index contributed by atoms with van der Waals surface area (Å²) in [6.07, 6.45) is -0.326. The van der Waals surface area contributed by atoms with Gasteiger partial charge in [0.05, 0.1) is 0 Å². The van der Waals surface area contributed by atoms with Crippen LogP contribution in [0.2, 0.25) is 0 Å². The van der Waals surface area contributed by atoms with E-state index in [2.05, 4.69) is 84.2 Å². The highest BCUT2D eigenvalue weighted by atomic mass is 16.3. The molecule has 0 amide bonds. The van der Waals surface area contributed by atoms with Gasteiger partial charge >= 0.3 is 0 Å². The van der Waals surface area contributed by atoms with E-state index >= 15 is 0 Å². The van der Waals surface area contributed by atoms with E-state index in [1.54, 1.807) is 0 Å². The minimum atomic E-state index is -0.326. The first-order valence-corrected chi connectivity index (χ1v) is 17.0. The van der Waals surface area contributed by atoms with E-state index in [0.717, 1.165) is 99.5 Å². The summed E-state index contributed by atoms with van der Waals surface area (Å²) in [6.45, 7) is 0. The number of nitrogens with one attached hydrogen (secondary N) is 1. The standard InChI is InChI=1S/C45H27N3O3/c1-2-9-26(10-3-1)43-46-44(48-45(47-43)29-17-20-33-31-11-4-6-15-37(31)50-41(33)25-29)28-19-22-40-36(24-28)35-23-27(18-21-39(35)49-40)30-13-8-14-34-32-12-5-7-16-38(32)51-42(30)34/h1-25,43H,(H,46,47,48). The van der Waals surface area contributed by atoms with Crippen LogP contribution >= 0.6 is 0 Å². The van der Waals surface area contributed by atoms with Crippen molar-refractivity contribution in [2.24, 2.45) is 9.98 Å². The Morgan fingerprint density at radius 2 is 1.04 bits per heavy atom. The third kappa shape index (κ3) is 4.43. The molecule has 0 aliphatic carbocycles. The van der Waals surface area contributed by atoms with Crippen LogP contribution < -0.4 is 5.32 Å².